The van der Waals surface area contributed by atoms with Crippen LogP contribution in [0.1, 0.15) is 88.5 Å². The number of hydrogen-bond acceptors (Lipinski definition) is 2. The molecule has 0 aliphatic heterocycles. The highest BCUT2D eigenvalue weighted by molar-refractivity contribution is 5.97. The van der Waals surface area contributed by atoms with Crippen molar-refractivity contribution in [1.82, 2.24) is 0 Å². The van der Waals surface area contributed by atoms with Gasteiger partial charge in [-0.05, 0) is 81.1 Å². The second-order valence-electron chi connectivity index (χ2n) is 13.2. The summed E-state index contributed by atoms with van der Waals surface area (Å²) in [7, 11) is 0. The standard InChI is InChI=1S/C40H52O2/c1-29(17-13-19-31(3)21-23-35-27-38(42)33(5)28-40(35,9)10)15-11-12-16-30(2)18-14-20-32(4)22-24-36-34(6)37(41)25-26-39(36,7)8/h11-24,27,33H,25-26,28H2,1-10H3. The number of Topliss-reactive ketones (excluding diaryl/α,β-unsaturated/α-hetero) is 1. The molecule has 2 nitrogen and oxygen atoms in total. The highest BCUT2D eigenvalue weighted by Crippen LogP contribution is 2.40. The van der Waals surface area contributed by atoms with Crippen molar-refractivity contribution in [3.8, 4) is 0 Å². The van der Waals surface area contributed by atoms with Gasteiger partial charge in [0, 0.05) is 12.3 Å². The minimum Gasteiger partial charge on any atom is -0.295 e. The topological polar surface area (TPSA) is 34.1 Å². The molecule has 0 heterocycles. The Labute approximate surface area is 256 Å². The van der Waals surface area contributed by atoms with Gasteiger partial charge in [-0.25, -0.2) is 0 Å². The van der Waals surface area contributed by atoms with Crippen LogP contribution in [0.4, 0.5) is 0 Å². The van der Waals surface area contributed by atoms with Crippen LogP contribution < -0.4 is 0 Å². The van der Waals surface area contributed by atoms with E-state index >= 15 is 0 Å². The fraction of sp³-hybridized carbons (Fsp3) is 0.400. The molecule has 2 rings (SSSR count). The maximum absolute atomic E-state index is 12.1. The molecule has 0 saturated heterocycles. The van der Waals surface area contributed by atoms with Gasteiger partial charge in [0.2, 0.25) is 0 Å². The third-order valence-corrected chi connectivity index (χ3v) is 8.21. The summed E-state index contributed by atoms with van der Waals surface area (Å²) in [6.45, 7) is 21.2. The molecule has 2 aliphatic rings. The number of allylic oxidation sites excluding steroid dienone is 22. The van der Waals surface area contributed by atoms with Crippen molar-refractivity contribution in [2.24, 2.45) is 16.7 Å². The third kappa shape index (κ3) is 11.0. The Morgan fingerprint density at radius 1 is 0.714 bits per heavy atom. The third-order valence-electron chi connectivity index (χ3n) is 8.21. The Morgan fingerprint density at radius 2 is 1.19 bits per heavy atom. The molecule has 0 bridgehead atoms. The molecule has 0 spiro atoms. The zero-order valence-corrected chi connectivity index (χ0v) is 27.7. The van der Waals surface area contributed by atoms with E-state index in [1.54, 1.807) is 0 Å². The fourth-order valence-corrected chi connectivity index (χ4v) is 5.28. The van der Waals surface area contributed by atoms with Gasteiger partial charge in [-0.1, -0.05) is 142 Å². The largest absolute Gasteiger partial charge is 0.295 e. The van der Waals surface area contributed by atoms with Crippen LogP contribution in [0.2, 0.25) is 0 Å². The second kappa shape index (κ2) is 15.6. The van der Waals surface area contributed by atoms with Crippen LogP contribution in [0.3, 0.4) is 0 Å². The number of carbonyl (C=O) groups excluding carboxylic acids is 2. The predicted octanol–water partition coefficient (Wildman–Crippen LogP) is 10.8. The smallest absolute Gasteiger partial charge is 0.158 e. The van der Waals surface area contributed by atoms with Crippen LogP contribution in [0.15, 0.2) is 130 Å². The first-order chi connectivity index (χ1) is 19.6. The highest BCUT2D eigenvalue weighted by atomic mass is 16.1. The van der Waals surface area contributed by atoms with Crippen molar-refractivity contribution >= 4 is 11.6 Å². The van der Waals surface area contributed by atoms with Gasteiger partial charge < -0.3 is 0 Å². The van der Waals surface area contributed by atoms with Crippen LogP contribution in [0.25, 0.3) is 0 Å². The predicted molar refractivity (Wildman–Crippen MR) is 182 cm³/mol. The van der Waals surface area contributed by atoms with E-state index in [1.807, 2.05) is 19.9 Å². The summed E-state index contributed by atoms with van der Waals surface area (Å²) in [6, 6.07) is 0. The van der Waals surface area contributed by atoms with Gasteiger partial charge in [0.05, 0.1) is 0 Å². The first-order valence-electron chi connectivity index (χ1n) is 15.2. The van der Waals surface area contributed by atoms with E-state index in [1.165, 1.54) is 0 Å². The molecule has 0 amide bonds. The van der Waals surface area contributed by atoms with Gasteiger partial charge in [0.25, 0.3) is 0 Å². The van der Waals surface area contributed by atoms with Crippen molar-refractivity contribution < 1.29 is 9.59 Å². The van der Waals surface area contributed by atoms with E-state index in [9.17, 15) is 9.59 Å². The SMILES string of the molecule is CC(C=CC=C(C)C=CC1=CC(=O)C(C)CC1(C)C)=CC=CC=C(C)C=CC=C(C)C=CC1=C(C)C(=O)CCC1(C)C. The van der Waals surface area contributed by atoms with E-state index in [0.29, 0.717) is 6.42 Å². The lowest BCUT2D eigenvalue weighted by Gasteiger charge is -2.32. The Hall–Kier alpha value is -3.52. The molecule has 2 aliphatic carbocycles. The van der Waals surface area contributed by atoms with Gasteiger partial charge in [0.1, 0.15) is 0 Å². The molecular weight excluding hydrogens is 512 g/mol. The first kappa shape index (κ1) is 34.7. The Kier molecular flexibility index (Phi) is 12.9. The molecule has 0 radical (unpaired) electrons. The van der Waals surface area contributed by atoms with Crippen LogP contribution in [0, 0.1) is 16.7 Å². The number of hydrogen-bond donors (Lipinski definition) is 0. The van der Waals surface area contributed by atoms with E-state index in [2.05, 4.69) is 140 Å². The van der Waals surface area contributed by atoms with Crippen LogP contribution in [-0.4, -0.2) is 11.6 Å². The highest BCUT2D eigenvalue weighted by Gasteiger charge is 2.32. The van der Waals surface area contributed by atoms with Crippen LogP contribution in [0.5, 0.6) is 0 Å². The van der Waals surface area contributed by atoms with Crippen molar-refractivity contribution in [1.29, 1.82) is 0 Å². The summed E-state index contributed by atoms with van der Waals surface area (Å²) >= 11 is 0. The summed E-state index contributed by atoms with van der Waals surface area (Å²) in [4.78, 5) is 24.3. The first-order valence-corrected chi connectivity index (χ1v) is 15.2. The molecule has 0 saturated carbocycles. The van der Waals surface area contributed by atoms with Gasteiger partial charge in [-0.2, -0.15) is 0 Å². The molecule has 224 valence electrons. The van der Waals surface area contributed by atoms with Crippen LogP contribution >= 0.6 is 0 Å². The molecule has 1 unspecified atom stereocenters. The molecule has 0 fully saturated rings. The quantitative estimate of drug-likeness (QED) is 0.247. The summed E-state index contributed by atoms with van der Waals surface area (Å²) < 4.78 is 0. The monoisotopic (exact) mass is 564 g/mol. The van der Waals surface area contributed by atoms with Crippen molar-refractivity contribution in [3.63, 3.8) is 0 Å². The fourth-order valence-electron chi connectivity index (χ4n) is 5.28. The second-order valence-corrected chi connectivity index (χ2v) is 13.2. The number of ketones is 2. The van der Waals surface area contributed by atoms with E-state index < -0.39 is 0 Å². The average Bonchev–Trinajstić information content (AvgIpc) is 2.90. The minimum atomic E-state index is 0.0219. The molecule has 2 heteroatoms. The lowest BCUT2D eigenvalue weighted by molar-refractivity contribution is -0.119. The molecule has 0 N–H and O–H groups in total. The van der Waals surface area contributed by atoms with Gasteiger partial charge in [0.15, 0.2) is 11.6 Å². The van der Waals surface area contributed by atoms with Crippen molar-refractivity contribution in [2.45, 2.75) is 88.5 Å². The summed E-state index contributed by atoms with van der Waals surface area (Å²) in [5.41, 5.74) is 7.84. The van der Waals surface area contributed by atoms with E-state index in [4.69, 9.17) is 0 Å². The maximum Gasteiger partial charge on any atom is 0.158 e. The maximum atomic E-state index is 12.1. The van der Waals surface area contributed by atoms with Gasteiger partial charge >= 0.3 is 0 Å². The van der Waals surface area contributed by atoms with Gasteiger partial charge in [-0.3, -0.25) is 9.59 Å². The normalized spacial score (nSPS) is 23.1. The molecule has 0 aromatic rings. The minimum absolute atomic E-state index is 0.0219. The van der Waals surface area contributed by atoms with Crippen molar-refractivity contribution in [3.05, 3.63) is 130 Å². The molecule has 0 aromatic heterocycles. The molecule has 1 atom stereocenters. The molecular formula is C40H52O2. The lowest BCUT2D eigenvalue weighted by Crippen LogP contribution is -2.27. The van der Waals surface area contributed by atoms with E-state index in [-0.39, 0.29) is 28.3 Å². The number of rotatable bonds is 10. The summed E-state index contributed by atoms with van der Waals surface area (Å²) in [5, 5.41) is 0. The Bertz CT molecular complexity index is 1360. The molecule has 0 aromatic carbocycles. The lowest BCUT2D eigenvalue weighted by atomic mass is 9.71. The zero-order chi connectivity index (χ0) is 31.5. The zero-order valence-electron chi connectivity index (χ0n) is 27.7. The number of carbonyl (C=O) groups is 2. The van der Waals surface area contributed by atoms with Crippen molar-refractivity contribution in [2.75, 3.05) is 0 Å². The van der Waals surface area contributed by atoms with E-state index in [0.717, 1.165) is 51.9 Å². The Balaban J connectivity index is 1.91. The van der Waals surface area contributed by atoms with Gasteiger partial charge in [-0.15, -0.1) is 0 Å². The summed E-state index contributed by atoms with van der Waals surface area (Å²) in [6.07, 6.45) is 33.5. The van der Waals surface area contributed by atoms with Crippen LogP contribution in [-0.2, 0) is 9.59 Å². The molecule has 42 heavy (non-hydrogen) atoms. The average molecular weight is 565 g/mol. The summed E-state index contributed by atoms with van der Waals surface area (Å²) in [5.74, 6) is 0.605. The Morgan fingerprint density at radius 3 is 1.74 bits per heavy atom.